The van der Waals surface area contributed by atoms with Crippen LogP contribution in [0.15, 0.2) is 12.2 Å². The van der Waals surface area contributed by atoms with E-state index in [4.69, 9.17) is 9.47 Å². The van der Waals surface area contributed by atoms with Crippen LogP contribution in [0.25, 0.3) is 0 Å². The molecule has 2 aliphatic rings. The summed E-state index contributed by atoms with van der Waals surface area (Å²) in [5.74, 6) is -1.49. The third-order valence-corrected chi connectivity index (χ3v) is 6.71. The molecule has 200 valence electrons. The molecule has 0 aromatic carbocycles. The van der Waals surface area contributed by atoms with Crippen molar-refractivity contribution in [1.82, 2.24) is 10.6 Å². The molecule has 35 heavy (non-hydrogen) atoms. The van der Waals surface area contributed by atoms with Crippen LogP contribution in [0.4, 0.5) is 0 Å². The number of ether oxygens (including phenoxy) is 2. The minimum Gasteiger partial charge on any atom is -0.460 e. The van der Waals surface area contributed by atoms with E-state index in [1.54, 1.807) is 6.08 Å². The predicted octanol–water partition coefficient (Wildman–Crippen LogP) is 0.573. The number of carbonyl (C=O) groups is 3. The molecule has 1 saturated carbocycles. The molecule has 1 aliphatic heterocycles. The first-order valence-corrected chi connectivity index (χ1v) is 12.4. The van der Waals surface area contributed by atoms with Gasteiger partial charge in [-0.2, -0.15) is 0 Å². The fourth-order valence-corrected chi connectivity index (χ4v) is 4.60. The standard InChI is InChI=1S/C25H42N2O8/c1-15(21(31)26-14-16-13-25(23(33)35-16)10-7-6-8-11-25)27-22(32)20(34-5)19(30)18(29)17(28)9-12-24(2,3)4/h9,12,15-20,28-30H,6-8,10-11,13-14H2,1-5H3,(H,26,31)(H,27,32)/b12-9+/t15-,16?,17+,18-,19+,20+/m0/s1. The average Bonchev–Trinajstić information content (AvgIpc) is 3.09. The number of hydrogen-bond donors (Lipinski definition) is 5. The van der Waals surface area contributed by atoms with Crippen LogP contribution < -0.4 is 10.6 Å². The first-order chi connectivity index (χ1) is 16.3. The molecule has 1 unspecified atom stereocenters. The molecule has 2 rings (SSSR count). The van der Waals surface area contributed by atoms with Gasteiger partial charge in [0.25, 0.3) is 5.91 Å². The fourth-order valence-electron chi connectivity index (χ4n) is 4.60. The maximum atomic E-state index is 12.6. The summed E-state index contributed by atoms with van der Waals surface area (Å²) in [6, 6.07) is -0.976. The van der Waals surface area contributed by atoms with Crippen molar-refractivity contribution >= 4 is 17.8 Å². The molecule has 1 spiro atoms. The Morgan fingerprint density at radius 2 is 1.77 bits per heavy atom. The minimum atomic E-state index is -1.74. The average molecular weight is 499 g/mol. The fraction of sp³-hybridized carbons (Fsp3) is 0.800. The van der Waals surface area contributed by atoms with Crippen LogP contribution in [0.1, 0.15) is 66.2 Å². The van der Waals surface area contributed by atoms with Gasteiger partial charge in [-0.1, -0.05) is 52.2 Å². The molecule has 0 radical (unpaired) electrons. The summed E-state index contributed by atoms with van der Waals surface area (Å²) in [6.07, 6.45) is 1.61. The lowest BCUT2D eigenvalue weighted by molar-refractivity contribution is -0.150. The van der Waals surface area contributed by atoms with E-state index in [0.717, 1.165) is 32.1 Å². The molecule has 0 aromatic heterocycles. The van der Waals surface area contributed by atoms with Crippen molar-refractivity contribution < 1.29 is 39.2 Å². The third kappa shape index (κ3) is 7.99. The van der Waals surface area contributed by atoms with Crippen LogP contribution in [-0.2, 0) is 23.9 Å². The summed E-state index contributed by atoms with van der Waals surface area (Å²) in [6.45, 7) is 7.33. The Balaban J connectivity index is 1.86. The summed E-state index contributed by atoms with van der Waals surface area (Å²) in [7, 11) is 1.18. The molecular formula is C25H42N2O8. The van der Waals surface area contributed by atoms with E-state index < -0.39 is 53.8 Å². The molecule has 6 atom stereocenters. The van der Waals surface area contributed by atoms with Gasteiger partial charge >= 0.3 is 5.97 Å². The quantitative estimate of drug-likeness (QED) is 0.216. The predicted molar refractivity (Wildman–Crippen MR) is 128 cm³/mol. The highest BCUT2D eigenvalue weighted by molar-refractivity contribution is 5.89. The second kappa shape index (κ2) is 12.3. The van der Waals surface area contributed by atoms with Gasteiger partial charge in [0.1, 0.15) is 30.5 Å². The number of cyclic esters (lactones) is 1. The maximum Gasteiger partial charge on any atom is 0.312 e. The van der Waals surface area contributed by atoms with Gasteiger partial charge in [-0.3, -0.25) is 14.4 Å². The minimum absolute atomic E-state index is 0.147. The highest BCUT2D eigenvalue weighted by Gasteiger charge is 2.49. The van der Waals surface area contributed by atoms with Crippen LogP contribution in [-0.4, -0.2) is 83.3 Å². The van der Waals surface area contributed by atoms with Crippen molar-refractivity contribution in [2.45, 2.75) is 103 Å². The highest BCUT2D eigenvalue weighted by atomic mass is 16.6. The topological polar surface area (TPSA) is 154 Å². The first-order valence-electron chi connectivity index (χ1n) is 12.4. The van der Waals surface area contributed by atoms with E-state index in [2.05, 4.69) is 10.6 Å². The van der Waals surface area contributed by atoms with Gasteiger partial charge in [-0.05, 0) is 25.2 Å². The number of methoxy groups -OCH3 is 1. The number of aliphatic hydroxyl groups excluding tert-OH is 3. The molecule has 1 aliphatic carbocycles. The number of aliphatic hydroxyl groups is 3. The monoisotopic (exact) mass is 498 g/mol. The largest absolute Gasteiger partial charge is 0.460 e. The summed E-state index contributed by atoms with van der Waals surface area (Å²) in [4.78, 5) is 37.5. The number of hydrogen-bond acceptors (Lipinski definition) is 8. The van der Waals surface area contributed by atoms with Crippen molar-refractivity contribution in [1.29, 1.82) is 0 Å². The normalized spacial score (nSPS) is 24.5. The molecule has 1 saturated heterocycles. The zero-order valence-corrected chi connectivity index (χ0v) is 21.5. The van der Waals surface area contributed by atoms with Gasteiger partial charge in [0, 0.05) is 13.5 Å². The lowest BCUT2D eigenvalue weighted by atomic mass is 9.72. The van der Waals surface area contributed by atoms with E-state index in [0.29, 0.717) is 6.42 Å². The zero-order valence-electron chi connectivity index (χ0n) is 21.5. The number of amides is 2. The molecule has 0 bridgehead atoms. The Bertz CT molecular complexity index is 772. The molecule has 1 heterocycles. The van der Waals surface area contributed by atoms with Crippen LogP contribution >= 0.6 is 0 Å². The number of esters is 1. The van der Waals surface area contributed by atoms with Gasteiger partial charge in [0.15, 0.2) is 6.10 Å². The van der Waals surface area contributed by atoms with Crippen LogP contribution in [0.2, 0.25) is 0 Å². The van der Waals surface area contributed by atoms with E-state index in [1.165, 1.54) is 20.1 Å². The molecule has 0 aromatic rings. The molecule has 5 N–H and O–H groups in total. The molecule has 2 amide bonds. The van der Waals surface area contributed by atoms with Crippen molar-refractivity contribution in [3.05, 3.63) is 12.2 Å². The first kappa shape index (κ1) is 29.2. The molecular weight excluding hydrogens is 456 g/mol. The van der Waals surface area contributed by atoms with E-state index in [-0.39, 0.29) is 17.9 Å². The SMILES string of the molecule is CO[C@@H](C(=O)N[C@@H](C)C(=O)NCC1CC2(CCCCC2)C(=O)O1)[C@H](O)[C@@H](O)[C@H](O)/C=C/C(C)(C)C. The Kier molecular flexibility index (Phi) is 10.3. The van der Waals surface area contributed by atoms with E-state index in [9.17, 15) is 29.7 Å². The van der Waals surface area contributed by atoms with Gasteiger partial charge in [0.2, 0.25) is 5.91 Å². The second-order valence-corrected chi connectivity index (χ2v) is 10.9. The van der Waals surface area contributed by atoms with Gasteiger partial charge in [0.05, 0.1) is 12.0 Å². The van der Waals surface area contributed by atoms with Crippen molar-refractivity contribution in [2.75, 3.05) is 13.7 Å². The Labute approximate surface area is 207 Å². The lowest BCUT2D eigenvalue weighted by Gasteiger charge is -2.28. The zero-order chi connectivity index (χ0) is 26.4. The summed E-state index contributed by atoms with van der Waals surface area (Å²) >= 11 is 0. The second-order valence-electron chi connectivity index (χ2n) is 10.9. The van der Waals surface area contributed by atoms with Gasteiger partial charge in [-0.25, -0.2) is 0 Å². The number of carbonyl (C=O) groups excluding carboxylic acids is 3. The Morgan fingerprint density at radius 3 is 2.34 bits per heavy atom. The lowest BCUT2D eigenvalue weighted by Crippen LogP contribution is -2.55. The van der Waals surface area contributed by atoms with Gasteiger partial charge < -0.3 is 35.4 Å². The Morgan fingerprint density at radius 1 is 1.14 bits per heavy atom. The van der Waals surface area contributed by atoms with E-state index >= 15 is 0 Å². The summed E-state index contributed by atoms with van der Waals surface area (Å²) in [5, 5.41) is 36.0. The maximum absolute atomic E-state index is 12.6. The van der Waals surface area contributed by atoms with Crippen LogP contribution in [0, 0.1) is 10.8 Å². The number of rotatable bonds is 10. The molecule has 10 nitrogen and oxygen atoms in total. The number of allylic oxidation sites excluding steroid dienone is 1. The van der Waals surface area contributed by atoms with E-state index in [1.807, 2.05) is 20.8 Å². The third-order valence-electron chi connectivity index (χ3n) is 6.71. The number of nitrogens with one attached hydrogen (secondary N) is 2. The van der Waals surface area contributed by atoms with Crippen molar-refractivity contribution in [3.63, 3.8) is 0 Å². The summed E-state index contributed by atoms with van der Waals surface area (Å²) in [5.41, 5.74) is -0.678. The van der Waals surface area contributed by atoms with Crippen molar-refractivity contribution in [2.24, 2.45) is 10.8 Å². The summed E-state index contributed by atoms with van der Waals surface area (Å²) < 4.78 is 10.5. The molecule has 2 fully saturated rings. The van der Waals surface area contributed by atoms with Crippen LogP contribution in [0.5, 0.6) is 0 Å². The smallest absolute Gasteiger partial charge is 0.312 e. The van der Waals surface area contributed by atoms with Gasteiger partial charge in [-0.15, -0.1) is 0 Å². The Hall–Kier alpha value is -2.01. The molecule has 10 heteroatoms. The highest BCUT2D eigenvalue weighted by Crippen LogP contribution is 2.45. The van der Waals surface area contributed by atoms with Crippen LogP contribution in [0.3, 0.4) is 0 Å². The van der Waals surface area contributed by atoms with Crippen molar-refractivity contribution in [3.8, 4) is 0 Å².